The van der Waals surface area contributed by atoms with E-state index in [0.29, 0.717) is 0 Å². The summed E-state index contributed by atoms with van der Waals surface area (Å²) in [7, 11) is -3.87. The van der Waals surface area contributed by atoms with E-state index < -0.39 is 16.6 Å². The third kappa shape index (κ3) is 4.77. The third-order valence-corrected chi connectivity index (χ3v) is 12.9. The zero-order chi connectivity index (χ0) is 20.7. The van der Waals surface area contributed by atoms with Gasteiger partial charge in [-0.1, -0.05) is 78.8 Å². The fourth-order valence-electron chi connectivity index (χ4n) is 4.52. The van der Waals surface area contributed by atoms with Gasteiger partial charge >= 0.3 is 0 Å². The Morgan fingerprint density at radius 2 is 1.48 bits per heavy atom. The van der Waals surface area contributed by atoms with Crippen molar-refractivity contribution < 1.29 is 8.85 Å². The lowest BCUT2D eigenvalue weighted by Crippen LogP contribution is -2.54. The summed E-state index contributed by atoms with van der Waals surface area (Å²) in [5, 5.41) is 0.256. The molecule has 1 heterocycles. The van der Waals surface area contributed by atoms with Crippen molar-refractivity contribution in [2.24, 2.45) is 5.92 Å². The second-order valence-electron chi connectivity index (χ2n) is 11.1. The van der Waals surface area contributed by atoms with Gasteiger partial charge < -0.3 is 8.85 Å². The number of hydrogen-bond acceptors (Lipinski definition) is 2. The summed E-state index contributed by atoms with van der Waals surface area (Å²) in [6, 6.07) is 11.8. The summed E-state index contributed by atoms with van der Waals surface area (Å²) in [6.07, 6.45) is 2.44. The molecule has 1 aliphatic rings. The molecule has 0 radical (unpaired) electrons. The predicted molar refractivity (Wildman–Crippen MR) is 122 cm³/mol. The van der Waals surface area contributed by atoms with E-state index in [4.69, 9.17) is 8.85 Å². The first-order chi connectivity index (χ1) is 12.2. The summed E-state index contributed by atoms with van der Waals surface area (Å²) in [6.45, 7) is 23.3. The van der Waals surface area contributed by atoms with Gasteiger partial charge in [0.1, 0.15) is 0 Å². The van der Waals surface area contributed by atoms with Gasteiger partial charge in [0.25, 0.3) is 0 Å². The van der Waals surface area contributed by atoms with Crippen molar-refractivity contribution in [1.82, 2.24) is 0 Å². The average molecular weight is 405 g/mol. The summed E-state index contributed by atoms with van der Waals surface area (Å²) < 4.78 is 13.9. The van der Waals surface area contributed by atoms with Crippen LogP contribution in [-0.4, -0.2) is 16.6 Å². The van der Waals surface area contributed by atoms with Crippen LogP contribution in [0.4, 0.5) is 0 Å². The molecule has 1 aliphatic heterocycles. The lowest BCUT2D eigenvalue weighted by atomic mass is 9.95. The molecule has 0 spiro atoms. The zero-order valence-electron chi connectivity index (χ0n) is 19.1. The Balaban J connectivity index is 2.63. The highest BCUT2D eigenvalue weighted by Gasteiger charge is 2.57. The average Bonchev–Trinajstić information content (AvgIpc) is 2.64. The molecule has 1 aromatic carbocycles. The summed E-state index contributed by atoms with van der Waals surface area (Å²) >= 11 is 0. The molecule has 2 nitrogen and oxygen atoms in total. The smallest absolute Gasteiger partial charge is 0.241 e. The van der Waals surface area contributed by atoms with Crippen molar-refractivity contribution in [3.63, 3.8) is 0 Å². The fourth-order valence-corrected chi connectivity index (χ4v) is 11.0. The maximum atomic E-state index is 7.29. The molecule has 0 amide bonds. The number of allylic oxidation sites excluding steroid dienone is 1. The summed E-state index contributed by atoms with van der Waals surface area (Å²) in [5.74, 6) is 1.36. The van der Waals surface area contributed by atoms with Gasteiger partial charge in [-0.15, -0.1) is 0 Å². The Morgan fingerprint density at radius 1 is 0.963 bits per heavy atom. The first-order valence-corrected chi connectivity index (χ1v) is 15.8. The van der Waals surface area contributed by atoms with E-state index >= 15 is 0 Å². The molecule has 27 heavy (non-hydrogen) atoms. The molecule has 0 fully saturated rings. The van der Waals surface area contributed by atoms with E-state index in [-0.39, 0.29) is 22.1 Å². The van der Waals surface area contributed by atoms with Crippen molar-refractivity contribution >= 4 is 16.6 Å². The molecular weight excluding hydrogens is 364 g/mol. The van der Waals surface area contributed by atoms with Crippen LogP contribution in [0.3, 0.4) is 0 Å². The largest absolute Gasteiger partial charge is 0.547 e. The summed E-state index contributed by atoms with van der Waals surface area (Å²) in [5.41, 5.74) is 1.27. The first-order valence-electron chi connectivity index (χ1n) is 10.3. The Labute approximate surface area is 169 Å². The molecular formula is C23H40O2Si2. The molecule has 0 bridgehead atoms. The van der Waals surface area contributed by atoms with Gasteiger partial charge in [-0.05, 0) is 47.4 Å². The second kappa shape index (κ2) is 7.53. The monoisotopic (exact) mass is 404 g/mol. The maximum absolute atomic E-state index is 7.29. The minimum Gasteiger partial charge on any atom is -0.547 e. The lowest BCUT2D eigenvalue weighted by Gasteiger charge is -2.51. The molecule has 2 atom stereocenters. The van der Waals surface area contributed by atoms with Crippen LogP contribution >= 0.6 is 0 Å². The molecule has 4 heteroatoms. The Hall–Kier alpha value is -0.846. The van der Waals surface area contributed by atoms with Crippen molar-refractivity contribution in [3.8, 4) is 0 Å². The van der Waals surface area contributed by atoms with Gasteiger partial charge in [0.15, 0.2) is 0 Å². The molecule has 2 rings (SSSR count). The number of benzene rings is 1. The normalized spacial score (nSPS) is 24.1. The van der Waals surface area contributed by atoms with E-state index in [2.05, 4.69) is 105 Å². The van der Waals surface area contributed by atoms with Crippen molar-refractivity contribution in [2.75, 3.05) is 0 Å². The molecule has 1 aromatic rings. The van der Waals surface area contributed by atoms with Crippen LogP contribution in [-0.2, 0) is 8.85 Å². The molecule has 0 saturated heterocycles. The van der Waals surface area contributed by atoms with E-state index in [1.54, 1.807) is 0 Å². The van der Waals surface area contributed by atoms with Crippen LogP contribution in [0.2, 0.25) is 35.8 Å². The molecule has 0 saturated carbocycles. The number of hydrogen-bond donors (Lipinski definition) is 0. The highest BCUT2D eigenvalue weighted by Crippen LogP contribution is 2.58. The van der Waals surface area contributed by atoms with Crippen LogP contribution < -0.4 is 0 Å². The molecule has 0 aromatic heterocycles. The predicted octanol–water partition coefficient (Wildman–Crippen LogP) is 7.68. The van der Waals surface area contributed by atoms with Gasteiger partial charge in [-0.3, -0.25) is 0 Å². The van der Waals surface area contributed by atoms with E-state index in [9.17, 15) is 0 Å². The van der Waals surface area contributed by atoms with Gasteiger partial charge in [-0.25, -0.2) is 0 Å². The lowest BCUT2D eigenvalue weighted by molar-refractivity contribution is 0.115. The SMILES string of the molecule is C[C@@H]1C(O[Si](C)(C)C)=CC[Si](C(C)(C)C)(C(C)(C)C)O[C@@H]1c1ccccc1. The van der Waals surface area contributed by atoms with E-state index in [0.717, 1.165) is 11.8 Å². The minimum atomic E-state index is -2.18. The van der Waals surface area contributed by atoms with Gasteiger partial charge in [0.05, 0.1) is 11.9 Å². The fraction of sp³-hybridized carbons (Fsp3) is 0.652. The van der Waals surface area contributed by atoms with E-state index in [1.807, 2.05) is 0 Å². The van der Waals surface area contributed by atoms with Crippen molar-refractivity contribution in [2.45, 2.75) is 90.3 Å². The Bertz CT molecular complexity index is 646. The van der Waals surface area contributed by atoms with Gasteiger partial charge in [0.2, 0.25) is 16.6 Å². The van der Waals surface area contributed by atoms with E-state index in [1.165, 1.54) is 5.56 Å². The highest BCUT2D eigenvalue weighted by atomic mass is 28.4. The second-order valence-corrected chi connectivity index (χ2v) is 20.8. The van der Waals surface area contributed by atoms with Crippen LogP contribution in [0.25, 0.3) is 0 Å². The third-order valence-electron chi connectivity index (χ3n) is 5.80. The minimum absolute atomic E-state index is 0.0430. The van der Waals surface area contributed by atoms with Crippen LogP contribution in [0, 0.1) is 5.92 Å². The van der Waals surface area contributed by atoms with Crippen molar-refractivity contribution in [3.05, 3.63) is 47.7 Å². The Kier molecular flexibility index (Phi) is 6.26. The van der Waals surface area contributed by atoms with Gasteiger partial charge in [-0.2, -0.15) is 0 Å². The quantitative estimate of drug-likeness (QED) is 0.481. The standard InChI is InChI=1S/C23H40O2Si2/c1-18-20(24-26(8,9)10)16-17-27(22(2,3)4,23(5,6)7)25-21(18)19-14-12-11-13-15-19/h11-16,18,21H,17H2,1-10H3/t18-,21+/m1/s1. The topological polar surface area (TPSA) is 18.5 Å². The molecule has 0 N–H and O–H groups in total. The highest BCUT2D eigenvalue weighted by molar-refractivity contribution is 6.80. The van der Waals surface area contributed by atoms with Crippen LogP contribution in [0.1, 0.15) is 60.1 Å². The molecule has 0 unspecified atom stereocenters. The van der Waals surface area contributed by atoms with Crippen molar-refractivity contribution in [1.29, 1.82) is 0 Å². The van der Waals surface area contributed by atoms with Gasteiger partial charge in [0, 0.05) is 5.92 Å². The zero-order valence-corrected chi connectivity index (χ0v) is 21.1. The van der Waals surface area contributed by atoms with Crippen LogP contribution in [0.5, 0.6) is 0 Å². The van der Waals surface area contributed by atoms with Crippen LogP contribution in [0.15, 0.2) is 42.2 Å². The molecule has 0 aliphatic carbocycles. The molecule has 152 valence electrons. The number of rotatable bonds is 3. The Morgan fingerprint density at radius 3 is 1.93 bits per heavy atom. The first kappa shape index (κ1) is 22.4. The summed E-state index contributed by atoms with van der Waals surface area (Å²) in [4.78, 5) is 0. The maximum Gasteiger partial charge on any atom is 0.241 e.